The van der Waals surface area contributed by atoms with Crippen LogP contribution in [-0.4, -0.2) is 37.0 Å². The quantitative estimate of drug-likeness (QED) is 0.792. The summed E-state index contributed by atoms with van der Waals surface area (Å²) in [5, 5.41) is 0.366. The lowest BCUT2D eigenvalue weighted by Crippen LogP contribution is -2.48. The van der Waals surface area contributed by atoms with Crippen molar-refractivity contribution in [3.63, 3.8) is 0 Å². The number of aldehydes is 1. The maximum atomic E-state index is 12.3. The Balaban J connectivity index is 3.30. The number of carbonyl (C=O) groups excluding carboxylic acids is 2. The van der Waals surface area contributed by atoms with Gasteiger partial charge in [0, 0.05) is 12.6 Å². The third kappa shape index (κ3) is 3.71. The van der Waals surface area contributed by atoms with E-state index in [9.17, 15) is 9.59 Å². The molecule has 0 fully saturated rings. The number of ether oxygens (including phenoxy) is 2. The number of likely N-dealkylation sites (N-methyl/N-ethyl adjacent to an activating group) is 1. The molecule has 0 bridgehead atoms. The fourth-order valence-electron chi connectivity index (χ4n) is 1.96. The number of hydrogen-bond donors (Lipinski definition) is 0. The Labute approximate surface area is 136 Å². The van der Waals surface area contributed by atoms with Crippen molar-refractivity contribution in [2.45, 2.75) is 38.8 Å². The van der Waals surface area contributed by atoms with E-state index >= 15 is 0 Å². The van der Waals surface area contributed by atoms with Crippen LogP contribution in [0, 0.1) is 0 Å². The van der Waals surface area contributed by atoms with Crippen molar-refractivity contribution in [1.82, 2.24) is 4.90 Å². The highest BCUT2D eigenvalue weighted by Gasteiger charge is 2.39. The molecule has 122 valence electrons. The number of para-hydroxylation sites is 1. The van der Waals surface area contributed by atoms with Gasteiger partial charge in [-0.3, -0.25) is 4.90 Å². The van der Waals surface area contributed by atoms with Gasteiger partial charge in [-0.05, 0) is 33.8 Å². The largest absolute Gasteiger partial charge is 0.495 e. The van der Waals surface area contributed by atoms with E-state index in [0.717, 1.165) is 0 Å². The van der Waals surface area contributed by atoms with Crippen LogP contribution >= 0.6 is 11.6 Å². The molecule has 0 saturated carbocycles. The van der Waals surface area contributed by atoms with Gasteiger partial charge in [0.25, 0.3) is 0 Å². The van der Waals surface area contributed by atoms with Gasteiger partial charge in [0.05, 0.1) is 12.1 Å². The summed E-state index contributed by atoms with van der Waals surface area (Å²) in [4.78, 5) is 25.3. The summed E-state index contributed by atoms with van der Waals surface area (Å²) < 4.78 is 10.6. The molecule has 0 heterocycles. The highest BCUT2D eigenvalue weighted by atomic mass is 35.5. The van der Waals surface area contributed by atoms with E-state index in [4.69, 9.17) is 21.1 Å². The number of methoxy groups -OCH3 is 1. The molecule has 1 amide bonds. The average Bonchev–Trinajstić information content (AvgIpc) is 2.43. The normalized spacial score (nSPS) is 14.0. The molecule has 0 aliphatic heterocycles. The van der Waals surface area contributed by atoms with E-state index in [1.54, 1.807) is 45.9 Å². The number of carbonyl (C=O) groups is 2. The molecule has 1 atom stereocenters. The molecular weight excluding hydrogens is 306 g/mol. The average molecular weight is 328 g/mol. The number of hydrogen-bond acceptors (Lipinski definition) is 4. The molecule has 0 radical (unpaired) electrons. The van der Waals surface area contributed by atoms with Gasteiger partial charge in [-0.15, -0.1) is 0 Å². The van der Waals surface area contributed by atoms with Gasteiger partial charge in [-0.1, -0.05) is 23.7 Å². The number of benzene rings is 1. The molecular formula is C16H22ClNO4. The van der Waals surface area contributed by atoms with Gasteiger partial charge in [0.1, 0.15) is 23.2 Å². The predicted molar refractivity (Wildman–Crippen MR) is 85.4 cm³/mol. The second-order valence-electron chi connectivity index (χ2n) is 6.13. The van der Waals surface area contributed by atoms with E-state index in [2.05, 4.69) is 0 Å². The van der Waals surface area contributed by atoms with Gasteiger partial charge >= 0.3 is 6.09 Å². The van der Waals surface area contributed by atoms with Crippen molar-refractivity contribution in [2.75, 3.05) is 14.2 Å². The van der Waals surface area contributed by atoms with E-state index < -0.39 is 17.2 Å². The van der Waals surface area contributed by atoms with Crippen LogP contribution in [0.5, 0.6) is 5.75 Å². The maximum Gasteiger partial charge on any atom is 0.411 e. The predicted octanol–water partition coefficient (Wildman–Crippen LogP) is 3.63. The molecule has 1 aromatic rings. The number of halogens is 1. The van der Waals surface area contributed by atoms with Crippen LogP contribution in [0.4, 0.5) is 4.79 Å². The Morgan fingerprint density at radius 2 is 1.86 bits per heavy atom. The number of nitrogens with zero attached hydrogens (tertiary/aromatic N) is 1. The van der Waals surface area contributed by atoms with Crippen molar-refractivity contribution in [2.24, 2.45) is 0 Å². The lowest BCUT2D eigenvalue weighted by atomic mass is 9.91. The molecule has 0 spiro atoms. The highest BCUT2D eigenvalue weighted by molar-refractivity contribution is 6.32. The van der Waals surface area contributed by atoms with E-state index in [1.807, 2.05) is 0 Å². The van der Waals surface area contributed by atoms with Crippen molar-refractivity contribution < 1.29 is 19.1 Å². The van der Waals surface area contributed by atoms with E-state index in [-0.39, 0.29) is 0 Å². The third-order valence-electron chi connectivity index (χ3n) is 3.31. The van der Waals surface area contributed by atoms with Gasteiger partial charge in [-0.25, -0.2) is 4.79 Å². The first kappa shape index (κ1) is 18.3. The molecule has 0 N–H and O–H groups in total. The van der Waals surface area contributed by atoms with Crippen molar-refractivity contribution in [3.8, 4) is 5.75 Å². The smallest absolute Gasteiger partial charge is 0.411 e. The van der Waals surface area contributed by atoms with Crippen molar-refractivity contribution in [1.29, 1.82) is 0 Å². The topological polar surface area (TPSA) is 55.8 Å². The molecule has 22 heavy (non-hydrogen) atoms. The first-order valence-corrected chi connectivity index (χ1v) is 7.20. The molecule has 6 heteroatoms. The van der Waals surface area contributed by atoms with Gasteiger partial charge in [0.15, 0.2) is 0 Å². The third-order valence-corrected chi connectivity index (χ3v) is 3.61. The Bertz CT molecular complexity index is 568. The van der Waals surface area contributed by atoms with Crippen LogP contribution in [-0.2, 0) is 15.1 Å². The number of amides is 1. The second kappa shape index (κ2) is 6.57. The fraction of sp³-hybridized carbons (Fsp3) is 0.500. The minimum absolute atomic E-state index is 0.356. The molecule has 1 rings (SSSR count). The minimum Gasteiger partial charge on any atom is -0.495 e. The van der Waals surface area contributed by atoms with Gasteiger partial charge < -0.3 is 14.3 Å². The van der Waals surface area contributed by atoms with E-state index in [1.165, 1.54) is 19.1 Å². The van der Waals surface area contributed by atoms with Crippen LogP contribution in [0.25, 0.3) is 0 Å². The minimum atomic E-state index is -1.27. The SMILES string of the molecule is COc1c(Cl)cccc1C(C)(C=O)N(C)C(=O)OC(C)(C)C. The Hall–Kier alpha value is -1.75. The monoisotopic (exact) mass is 327 g/mol. The Kier molecular flexibility index (Phi) is 5.46. The lowest BCUT2D eigenvalue weighted by molar-refractivity contribution is -0.117. The van der Waals surface area contributed by atoms with Crippen LogP contribution in [0.2, 0.25) is 5.02 Å². The first-order valence-electron chi connectivity index (χ1n) is 6.83. The van der Waals surface area contributed by atoms with Crippen LogP contribution in [0.15, 0.2) is 18.2 Å². The molecule has 0 aliphatic carbocycles. The van der Waals surface area contributed by atoms with Crippen LogP contribution < -0.4 is 4.74 Å². The summed E-state index contributed by atoms with van der Waals surface area (Å²) in [5.41, 5.74) is -1.43. The molecule has 0 saturated heterocycles. The Morgan fingerprint density at radius 1 is 1.27 bits per heavy atom. The standard InChI is InChI=1S/C16H22ClNO4/c1-15(2,3)22-14(20)18(5)16(4,10-19)11-8-7-9-12(17)13(11)21-6/h7-10H,1-6H3. The summed E-state index contributed by atoms with van der Waals surface area (Å²) >= 11 is 6.11. The maximum absolute atomic E-state index is 12.3. The Morgan fingerprint density at radius 3 is 2.32 bits per heavy atom. The summed E-state index contributed by atoms with van der Waals surface area (Å²) in [6.07, 6.45) is 0.0644. The molecule has 5 nitrogen and oxygen atoms in total. The van der Waals surface area contributed by atoms with Crippen LogP contribution in [0.1, 0.15) is 33.3 Å². The van der Waals surface area contributed by atoms with E-state index in [0.29, 0.717) is 22.6 Å². The summed E-state index contributed by atoms with van der Waals surface area (Å²) in [7, 11) is 2.96. The van der Waals surface area contributed by atoms with Gasteiger partial charge in [0.2, 0.25) is 0 Å². The zero-order chi connectivity index (χ0) is 17.1. The van der Waals surface area contributed by atoms with Crippen molar-refractivity contribution in [3.05, 3.63) is 28.8 Å². The fourth-order valence-corrected chi connectivity index (χ4v) is 2.21. The molecule has 0 aliphatic rings. The molecule has 0 aromatic heterocycles. The first-order chi connectivity index (χ1) is 10.1. The lowest BCUT2D eigenvalue weighted by Gasteiger charge is -2.36. The summed E-state index contributed by atoms with van der Waals surface area (Å²) in [5.74, 6) is 0.356. The molecule has 1 aromatic carbocycles. The summed E-state index contributed by atoms with van der Waals surface area (Å²) in [6.45, 7) is 6.89. The van der Waals surface area contributed by atoms with Crippen LogP contribution in [0.3, 0.4) is 0 Å². The number of rotatable bonds is 4. The molecule has 1 unspecified atom stereocenters. The zero-order valence-electron chi connectivity index (χ0n) is 13.8. The summed E-state index contributed by atoms with van der Waals surface area (Å²) in [6, 6.07) is 5.05. The highest BCUT2D eigenvalue weighted by Crippen LogP contribution is 2.37. The van der Waals surface area contributed by atoms with Crippen molar-refractivity contribution >= 4 is 24.0 Å². The zero-order valence-corrected chi connectivity index (χ0v) is 14.5. The second-order valence-corrected chi connectivity index (χ2v) is 6.53. The van der Waals surface area contributed by atoms with Gasteiger partial charge in [-0.2, -0.15) is 0 Å².